The molecule has 0 aromatic heterocycles. The zero-order valence-corrected chi connectivity index (χ0v) is 12.4. The van der Waals surface area contributed by atoms with E-state index in [1.807, 2.05) is 7.11 Å². The first kappa shape index (κ1) is 15.0. The zero-order chi connectivity index (χ0) is 12.7. The second kappa shape index (κ2) is 8.13. The van der Waals surface area contributed by atoms with Gasteiger partial charge in [0, 0.05) is 7.11 Å². The quantitative estimate of drug-likeness (QED) is 0.623. The predicted molar refractivity (Wildman–Crippen MR) is 75.2 cm³/mol. The van der Waals surface area contributed by atoms with E-state index in [0.717, 1.165) is 17.8 Å². The standard InChI is InChI=1S/C16H32O/c1-13-7-5-8-14(2)11-12-16(17-4)15(3)10-6-9-13/h13-16H,5-12H2,1-4H3. The van der Waals surface area contributed by atoms with Gasteiger partial charge in [-0.3, -0.25) is 0 Å². The van der Waals surface area contributed by atoms with Crippen molar-refractivity contribution in [3.8, 4) is 0 Å². The molecule has 0 bridgehead atoms. The average Bonchev–Trinajstić information content (AvgIpc) is 2.28. The summed E-state index contributed by atoms with van der Waals surface area (Å²) in [5.74, 6) is 2.54. The van der Waals surface area contributed by atoms with Crippen molar-refractivity contribution in [2.24, 2.45) is 17.8 Å². The van der Waals surface area contributed by atoms with Crippen LogP contribution >= 0.6 is 0 Å². The third-order valence-electron chi connectivity index (χ3n) is 4.63. The maximum atomic E-state index is 5.68. The Balaban J connectivity index is 2.47. The maximum absolute atomic E-state index is 5.68. The highest BCUT2D eigenvalue weighted by atomic mass is 16.5. The summed E-state index contributed by atoms with van der Waals surface area (Å²) in [6.07, 6.45) is 11.5. The van der Waals surface area contributed by atoms with Crippen molar-refractivity contribution < 1.29 is 4.74 Å². The van der Waals surface area contributed by atoms with Gasteiger partial charge < -0.3 is 4.74 Å². The van der Waals surface area contributed by atoms with Gasteiger partial charge in [-0.15, -0.1) is 0 Å². The topological polar surface area (TPSA) is 9.23 Å². The minimum Gasteiger partial charge on any atom is -0.381 e. The van der Waals surface area contributed by atoms with Crippen molar-refractivity contribution in [1.29, 1.82) is 0 Å². The van der Waals surface area contributed by atoms with Gasteiger partial charge in [-0.25, -0.2) is 0 Å². The second-order valence-corrected chi connectivity index (χ2v) is 6.40. The van der Waals surface area contributed by atoms with E-state index in [1.54, 1.807) is 0 Å². The molecular formula is C16H32O. The molecule has 0 amide bonds. The molecule has 0 aromatic carbocycles. The largest absolute Gasteiger partial charge is 0.381 e. The molecule has 0 aliphatic heterocycles. The fourth-order valence-electron chi connectivity index (χ4n) is 3.16. The van der Waals surface area contributed by atoms with Gasteiger partial charge in [0.1, 0.15) is 0 Å². The Morgan fingerprint density at radius 3 is 1.82 bits per heavy atom. The van der Waals surface area contributed by atoms with Gasteiger partial charge in [0.2, 0.25) is 0 Å². The molecule has 1 rings (SSSR count). The molecular weight excluding hydrogens is 208 g/mol. The van der Waals surface area contributed by atoms with Crippen LogP contribution in [-0.4, -0.2) is 13.2 Å². The molecule has 0 aromatic rings. The van der Waals surface area contributed by atoms with Crippen LogP contribution in [0.15, 0.2) is 0 Å². The van der Waals surface area contributed by atoms with Crippen molar-refractivity contribution in [2.75, 3.05) is 7.11 Å². The van der Waals surface area contributed by atoms with Crippen LogP contribution in [0.5, 0.6) is 0 Å². The van der Waals surface area contributed by atoms with Crippen molar-refractivity contribution >= 4 is 0 Å². The summed E-state index contributed by atoms with van der Waals surface area (Å²) in [6.45, 7) is 7.21. The fraction of sp³-hybridized carbons (Fsp3) is 1.00. The third kappa shape index (κ3) is 5.90. The van der Waals surface area contributed by atoms with E-state index in [9.17, 15) is 0 Å². The molecule has 102 valence electrons. The lowest BCUT2D eigenvalue weighted by atomic mass is 9.86. The summed E-state index contributed by atoms with van der Waals surface area (Å²) < 4.78 is 5.68. The molecule has 1 nitrogen and oxygen atoms in total. The molecule has 1 aliphatic rings. The molecule has 1 saturated carbocycles. The normalized spacial score (nSPS) is 38.1. The first-order valence-corrected chi connectivity index (χ1v) is 7.66. The van der Waals surface area contributed by atoms with Crippen molar-refractivity contribution in [3.05, 3.63) is 0 Å². The lowest BCUT2D eigenvalue weighted by Gasteiger charge is -2.25. The molecule has 4 atom stereocenters. The summed E-state index contributed by atoms with van der Waals surface area (Å²) >= 11 is 0. The molecule has 1 fully saturated rings. The van der Waals surface area contributed by atoms with Gasteiger partial charge in [0.15, 0.2) is 0 Å². The summed E-state index contributed by atoms with van der Waals surface area (Å²) in [5, 5.41) is 0. The lowest BCUT2D eigenvalue weighted by molar-refractivity contribution is 0.0418. The van der Waals surface area contributed by atoms with Crippen molar-refractivity contribution in [2.45, 2.75) is 78.2 Å². The van der Waals surface area contributed by atoms with Gasteiger partial charge in [-0.1, -0.05) is 52.9 Å². The number of hydrogen-bond donors (Lipinski definition) is 0. The van der Waals surface area contributed by atoms with E-state index in [2.05, 4.69) is 20.8 Å². The Labute approximate surface area is 108 Å². The number of ether oxygens (including phenoxy) is 1. The summed E-state index contributed by atoms with van der Waals surface area (Å²) in [5.41, 5.74) is 0. The number of methoxy groups -OCH3 is 1. The van der Waals surface area contributed by atoms with Crippen LogP contribution in [0.2, 0.25) is 0 Å². The van der Waals surface area contributed by atoms with Crippen LogP contribution < -0.4 is 0 Å². The van der Waals surface area contributed by atoms with Crippen LogP contribution in [0, 0.1) is 17.8 Å². The van der Waals surface area contributed by atoms with E-state index in [1.165, 1.54) is 51.4 Å². The smallest absolute Gasteiger partial charge is 0.0597 e. The first-order chi connectivity index (χ1) is 8.13. The highest BCUT2D eigenvalue weighted by Crippen LogP contribution is 2.26. The van der Waals surface area contributed by atoms with Crippen molar-refractivity contribution in [3.63, 3.8) is 0 Å². The Bertz CT molecular complexity index is 190. The van der Waals surface area contributed by atoms with Gasteiger partial charge in [-0.05, 0) is 37.0 Å². The highest BCUT2D eigenvalue weighted by molar-refractivity contribution is 4.70. The second-order valence-electron chi connectivity index (χ2n) is 6.40. The molecule has 1 aliphatic carbocycles. The van der Waals surface area contributed by atoms with Gasteiger partial charge in [0.25, 0.3) is 0 Å². The molecule has 4 unspecified atom stereocenters. The van der Waals surface area contributed by atoms with Crippen LogP contribution in [-0.2, 0) is 4.74 Å². The predicted octanol–water partition coefficient (Wildman–Crippen LogP) is 5.04. The minimum atomic E-state index is 0.493. The Morgan fingerprint density at radius 1 is 0.706 bits per heavy atom. The van der Waals surface area contributed by atoms with Gasteiger partial charge in [-0.2, -0.15) is 0 Å². The minimum absolute atomic E-state index is 0.493. The summed E-state index contributed by atoms with van der Waals surface area (Å²) in [4.78, 5) is 0. The van der Waals surface area contributed by atoms with Crippen LogP contribution in [0.1, 0.15) is 72.1 Å². The van der Waals surface area contributed by atoms with E-state index < -0.39 is 0 Å². The molecule has 0 spiro atoms. The van der Waals surface area contributed by atoms with Crippen LogP contribution in [0.4, 0.5) is 0 Å². The summed E-state index contributed by atoms with van der Waals surface area (Å²) in [7, 11) is 1.89. The van der Waals surface area contributed by atoms with E-state index in [-0.39, 0.29) is 0 Å². The Kier molecular flexibility index (Phi) is 7.18. The Morgan fingerprint density at radius 2 is 1.24 bits per heavy atom. The van der Waals surface area contributed by atoms with Crippen molar-refractivity contribution in [1.82, 2.24) is 0 Å². The third-order valence-corrected chi connectivity index (χ3v) is 4.63. The molecule has 0 radical (unpaired) electrons. The van der Waals surface area contributed by atoms with E-state index >= 15 is 0 Å². The van der Waals surface area contributed by atoms with Gasteiger partial charge >= 0.3 is 0 Å². The van der Waals surface area contributed by atoms with Crippen LogP contribution in [0.3, 0.4) is 0 Å². The molecule has 0 N–H and O–H groups in total. The number of rotatable bonds is 1. The maximum Gasteiger partial charge on any atom is 0.0597 e. The molecule has 1 heteroatoms. The number of hydrogen-bond acceptors (Lipinski definition) is 1. The average molecular weight is 240 g/mol. The lowest BCUT2D eigenvalue weighted by Crippen LogP contribution is -2.22. The Hall–Kier alpha value is -0.0400. The van der Waals surface area contributed by atoms with E-state index in [4.69, 9.17) is 4.74 Å². The van der Waals surface area contributed by atoms with Crippen LogP contribution in [0.25, 0.3) is 0 Å². The van der Waals surface area contributed by atoms with Gasteiger partial charge in [0.05, 0.1) is 6.10 Å². The molecule has 17 heavy (non-hydrogen) atoms. The SMILES string of the molecule is COC1CCC(C)CCCC(C)CCCC1C. The monoisotopic (exact) mass is 240 g/mol. The molecule has 0 heterocycles. The summed E-state index contributed by atoms with van der Waals surface area (Å²) in [6, 6.07) is 0. The first-order valence-electron chi connectivity index (χ1n) is 7.66. The molecule has 0 saturated heterocycles. The fourth-order valence-corrected chi connectivity index (χ4v) is 3.16. The highest BCUT2D eigenvalue weighted by Gasteiger charge is 2.18. The zero-order valence-electron chi connectivity index (χ0n) is 12.4. The van der Waals surface area contributed by atoms with E-state index in [0.29, 0.717) is 6.10 Å².